The largest absolute Gasteiger partial charge is 0.462 e. The second-order valence-corrected chi connectivity index (χ2v) is 4.28. The highest BCUT2D eigenvalue weighted by atomic mass is 79.9. The molecule has 90 valence electrons. The maximum atomic E-state index is 11.7. The monoisotopic (exact) mass is 299 g/mol. The van der Waals surface area contributed by atoms with E-state index in [2.05, 4.69) is 21.2 Å². The number of halogens is 1. The highest BCUT2D eigenvalue weighted by molar-refractivity contribution is 9.10. The number of ether oxygens (including phenoxy) is 2. The van der Waals surface area contributed by atoms with Crippen LogP contribution in [0.5, 0.6) is 5.75 Å². The van der Waals surface area contributed by atoms with Crippen molar-refractivity contribution in [3.05, 3.63) is 28.2 Å². The molecule has 2 rings (SSSR count). The van der Waals surface area contributed by atoms with Crippen molar-refractivity contribution in [1.29, 1.82) is 0 Å². The number of fused-ring (bicyclic) bond motifs is 1. The molecule has 1 aliphatic rings. The van der Waals surface area contributed by atoms with Gasteiger partial charge in [0.05, 0.1) is 12.2 Å². The fourth-order valence-corrected chi connectivity index (χ4v) is 1.82. The topological polar surface area (TPSA) is 64.6 Å². The lowest BCUT2D eigenvalue weighted by Crippen LogP contribution is -2.49. The van der Waals surface area contributed by atoms with Crippen LogP contribution in [-0.2, 0) is 9.53 Å². The summed E-state index contributed by atoms with van der Waals surface area (Å²) in [5, 5.41) is 2.43. The second-order valence-electron chi connectivity index (χ2n) is 3.36. The standard InChI is InChI=1S/C11H10BrNO4/c1-2-16-11(15)10-13-9(14)7-5-6(12)3-4-8(7)17-10/h3-5,10H,2H2,1H3,(H,13,14)/t10-/m0/s1. The van der Waals surface area contributed by atoms with Crippen molar-refractivity contribution in [2.75, 3.05) is 6.61 Å². The molecule has 17 heavy (non-hydrogen) atoms. The summed E-state index contributed by atoms with van der Waals surface area (Å²) in [5.74, 6) is -0.588. The van der Waals surface area contributed by atoms with Crippen molar-refractivity contribution in [3.63, 3.8) is 0 Å². The summed E-state index contributed by atoms with van der Waals surface area (Å²) in [6.45, 7) is 1.93. The molecule has 0 aromatic heterocycles. The predicted octanol–water partition coefficient (Wildman–Crippen LogP) is 1.46. The Morgan fingerprint density at radius 1 is 1.59 bits per heavy atom. The van der Waals surface area contributed by atoms with Crippen molar-refractivity contribution in [1.82, 2.24) is 5.32 Å². The first-order valence-electron chi connectivity index (χ1n) is 5.05. The molecular weight excluding hydrogens is 290 g/mol. The summed E-state index contributed by atoms with van der Waals surface area (Å²) in [6, 6.07) is 5.00. The van der Waals surface area contributed by atoms with Crippen LogP contribution in [0.2, 0.25) is 0 Å². The molecule has 6 heteroatoms. The van der Waals surface area contributed by atoms with Gasteiger partial charge in [-0.1, -0.05) is 15.9 Å². The third-order valence-corrected chi connectivity index (χ3v) is 2.69. The minimum absolute atomic E-state index is 0.238. The molecule has 1 aliphatic heterocycles. The van der Waals surface area contributed by atoms with E-state index in [9.17, 15) is 9.59 Å². The average molecular weight is 300 g/mol. The van der Waals surface area contributed by atoms with E-state index >= 15 is 0 Å². The molecule has 0 spiro atoms. The van der Waals surface area contributed by atoms with Gasteiger partial charge in [0.15, 0.2) is 0 Å². The van der Waals surface area contributed by atoms with Crippen molar-refractivity contribution in [2.45, 2.75) is 13.2 Å². The maximum absolute atomic E-state index is 11.7. The Bertz CT molecular complexity index is 475. The van der Waals surface area contributed by atoms with Gasteiger partial charge in [-0.3, -0.25) is 4.79 Å². The smallest absolute Gasteiger partial charge is 0.369 e. The van der Waals surface area contributed by atoms with E-state index in [0.29, 0.717) is 11.3 Å². The summed E-state index contributed by atoms with van der Waals surface area (Å²) in [7, 11) is 0. The second kappa shape index (κ2) is 4.75. The van der Waals surface area contributed by atoms with Crippen LogP contribution < -0.4 is 10.1 Å². The summed E-state index contributed by atoms with van der Waals surface area (Å²) in [4.78, 5) is 23.2. The zero-order valence-corrected chi connectivity index (χ0v) is 10.6. The van der Waals surface area contributed by atoms with E-state index < -0.39 is 12.2 Å². The lowest BCUT2D eigenvalue weighted by Gasteiger charge is -2.25. The van der Waals surface area contributed by atoms with E-state index in [4.69, 9.17) is 9.47 Å². The lowest BCUT2D eigenvalue weighted by atomic mass is 10.1. The molecule has 0 unspecified atom stereocenters. The number of rotatable bonds is 2. The first-order chi connectivity index (χ1) is 8.11. The van der Waals surface area contributed by atoms with Crippen LogP contribution in [0.3, 0.4) is 0 Å². The van der Waals surface area contributed by atoms with Crippen LogP contribution in [0, 0.1) is 0 Å². The molecule has 1 heterocycles. The molecule has 0 aliphatic carbocycles. The van der Waals surface area contributed by atoms with Crippen molar-refractivity contribution in [3.8, 4) is 5.75 Å². The van der Waals surface area contributed by atoms with Crippen molar-refractivity contribution < 1.29 is 19.1 Å². The average Bonchev–Trinajstić information content (AvgIpc) is 2.30. The molecule has 5 nitrogen and oxygen atoms in total. The van der Waals surface area contributed by atoms with Crippen LogP contribution in [0.4, 0.5) is 0 Å². The molecule has 0 saturated heterocycles. The van der Waals surface area contributed by atoms with Gasteiger partial charge in [-0.05, 0) is 25.1 Å². The number of amides is 1. The SMILES string of the molecule is CCOC(=O)[C@H]1NC(=O)c2cc(Br)ccc2O1. The van der Waals surface area contributed by atoms with Gasteiger partial charge in [-0.25, -0.2) is 4.79 Å². The van der Waals surface area contributed by atoms with Gasteiger partial charge in [0.25, 0.3) is 12.1 Å². The Morgan fingerprint density at radius 2 is 2.35 bits per heavy atom. The number of hydrogen-bond donors (Lipinski definition) is 1. The maximum Gasteiger partial charge on any atom is 0.369 e. The number of esters is 1. The molecule has 1 aromatic rings. The van der Waals surface area contributed by atoms with Gasteiger partial charge in [0, 0.05) is 4.47 Å². The molecule has 0 bridgehead atoms. The zero-order valence-electron chi connectivity index (χ0n) is 9.03. The number of benzene rings is 1. The quantitative estimate of drug-likeness (QED) is 0.840. The van der Waals surface area contributed by atoms with E-state index in [0.717, 1.165) is 4.47 Å². The van der Waals surface area contributed by atoms with Gasteiger partial charge in [-0.2, -0.15) is 0 Å². The van der Waals surface area contributed by atoms with Gasteiger partial charge in [0.2, 0.25) is 0 Å². The van der Waals surface area contributed by atoms with Crippen LogP contribution in [0.25, 0.3) is 0 Å². The molecule has 1 amide bonds. The molecular formula is C11H10BrNO4. The molecule has 1 N–H and O–H groups in total. The van der Waals surface area contributed by atoms with Crippen LogP contribution in [0.15, 0.2) is 22.7 Å². The number of carbonyl (C=O) groups is 2. The van der Waals surface area contributed by atoms with Crippen molar-refractivity contribution in [2.24, 2.45) is 0 Å². The van der Waals surface area contributed by atoms with Gasteiger partial charge < -0.3 is 14.8 Å². The van der Waals surface area contributed by atoms with Gasteiger partial charge in [-0.15, -0.1) is 0 Å². The Balaban J connectivity index is 2.25. The zero-order chi connectivity index (χ0) is 12.4. The molecule has 0 saturated carbocycles. The Kier molecular flexibility index (Phi) is 3.33. The molecule has 0 fully saturated rings. The van der Waals surface area contributed by atoms with Crippen LogP contribution in [0.1, 0.15) is 17.3 Å². The first-order valence-corrected chi connectivity index (χ1v) is 5.85. The number of hydrogen-bond acceptors (Lipinski definition) is 4. The Hall–Kier alpha value is -1.56. The third-order valence-electron chi connectivity index (χ3n) is 2.19. The summed E-state index contributed by atoms with van der Waals surface area (Å²) < 4.78 is 10.9. The minimum atomic E-state index is -1.07. The highest BCUT2D eigenvalue weighted by Gasteiger charge is 2.31. The minimum Gasteiger partial charge on any atom is -0.462 e. The fraction of sp³-hybridized carbons (Fsp3) is 0.273. The Morgan fingerprint density at radius 3 is 3.06 bits per heavy atom. The Labute approximate surface area is 106 Å². The fourth-order valence-electron chi connectivity index (χ4n) is 1.46. The first kappa shape index (κ1) is 11.9. The lowest BCUT2D eigenvalue weighted by molar-refractivity contribution is -0.152. The van der Waals surface area contributed by atoms with Crippen molar-refractivity contribution >= 4 is 27.8 Å². The van der Waals surface area contributed by atoms with E-state index in [1.165, 1.54) is 0 Å². The molecule has 1 aromatic carbocycles. The van der Waals surface area contributed by atoms with E-state index in [1.807, 2.05) is 0 Å². The number of carbonyl (C=O) groups excluding carboxylic acids is 2. The third kappa shape index (κ3) is 2.41. The molecule has 0 radical (unpaired) electrons. The summed E-state index contributed by atoms with van der Waals surface area (Å²) in [5.41, 5.74) is 0.389. The normalized spacial score (nSPS) is 17.8. The summed E-state index contributed by atoms with van der Waals surface area (Å²) >= 11 is 3.26. The number of nitrogens with one attached hydrogen (secondary N) is 1. The van der Waals surface area contributed by atoms with E-state index in [-0.39, 0.29) is 12.5 Å². The highest BCUT2D eigenvalue weighted by Crippen LogP contribution is 2.26. The van der Waals surface area contributed by atoms with Crippen LogP contribution >= 0.6 is 15.9 Å². The van der Waals surface area contributed by atoms with E-state index in [1.54, 1.807) is 25.1 Å². The summed E-state index contributed by atoms with van der Waals surface area (Å²) in [6.07, 6.45) is -1.07. The molecule has 1 atom stereocenters. The predicted molar refractivity (Wildman–Crippen MR) is 62.7 cm³/mol. The van der Waals surface area contributed by atoms with Gasteiger partial charge >= 0.3 is 5.97 Å². The van der Waals surface area contributed by atoms with Gasteiger partial charge in [0.1, 0.15) is 5.75 Å². The van der Waals surface area contributed by atoms with Crippen LogP contribution in [-0.4, -0.2) is 24.7 Å².